The first-order chi connectivity index (χ1) is 5.34. The fourth-order valence-electron chi connectivity index (χ4n) is 1.12. The third kappa shape index (κ3) is 2.38. The number of hydrogen-bond acceptors (Lipinski definition) is 0. The molecule has 0 heterocycles. The van der Waals surface area contributed by atoms with Crippen LogP contribution in [0.25, 0.3) is 0 Å². The highest BCUT2D eigenvalue weighted by Crippen LogP contribution is 2.11. The van der Waals surface area contributed by atoms with E-state index >= 15 is 0 Å². The van der Waals surface area contributed by atoms with Crippen LogP contribution in [0.1, 0.15) is 30.9 Å². The molecule has 0 aromatic heterocycles. The van der Waals surface area contributed by atoms with Crippen LogP contribution in [-0.4, -0.2) is 0 Å². The van der Waals surface area contributed by atoms with Crippen LogP contribution in [0.15, 0.2) is 24.3 Å². The first kappa shape index (κ1) is 8.32. The van der Waals surface area contributed by atoms with Gasteiger partial charge in [-0.05, 0) is 30.9 Å². The molecule has 0 heteroatoms. The topological polar surface area (TPSA) is 0 Å². The Balaban J connectivity index is 2.62. The van der Waals surface area contributed by atoms with Crippen molar-refractivity contribution in [1.29, 1.82) is 0 Å². The maximum absolute atomic E-state index is 2.30. The third-order valence-electron chi connectivity index (χ3n) is 1.84. The molecule has 0 aliphatic rings. The quantitative estimate of drug-likeness (QED) is 0.615. The van der Waals surface area contributed by atoms with Gasteiger partial charge >= 0.3 is 0 Å². The lowest BCUT2D eigenvalue weighted by atomic mass is 10.0. The Labute approximate surface area is 69.3 Å². The smallest absolute Gasteiger partial charge is 0.00905 e. The van der Waals surface area contributed by atoms with Crippen molar-refractivity contribution in [2.75, 3.05) is 0 Å². The lowest BCUT2D eigenvalue weighted by Gasteiger charge is -2.02. The van der Waals surface area contributed by atoms with E-state index in [0.29, 0.717) is 0 Å². The summed E-state index contributed by atoms with van der Waals surface area (Å²) in [5.74, 6) is 0. The molecule has 0 bridgehead atoms. The first-order valence-electron chi connectivity index (χ1n) is 4.23. The average molecular weight is 147 g/mol. The predicted molar refractivity (Wildman–Crippen MR) is 49.5 cm³/mol. The standard InChI is InChI=1S/C11H15/c1-3-4-8-11-9-6-5-7-10(11)2/h5-9H,3-4H2,1-2H3. The van der Waals surface area contributed by atoms with E-state index in [0.717, 1.165) is 0 Å². The monoisotopic (exact) mass is 147 g/mol. The first-order valence-corrected chi connectivity index (χ1v) is 4.23. The lowest BCUT2D eigenvalue weighted by Crippen LogP contribution is -1.84. The normalized spacial score (nSPS) is 10.0. The van der Waals surface area contributed by atoms with Crippen molar-refractivity contribution in [3.05, 3.63) is 41.8 Å². The van der Waals surface area contributed by atoms with Gasteiger partial charge < -0.3 is 0 Å². The number of benzene rings is 1. The maximum Gasteiger partial charge on any atom is -0.00905 e. The summed E-state index contributed by atoms with van der Waals surface area (Å²) in [7, 11) is 0. The van der Waals surface area contributed by atoms with E-state index < -0.39 is 0 Å². The zero-order valence-corrected chi connectivity index (χ0v) is 7.30. The molecule has 0 saturated heterocycles. The Kier molecular flexibility index (Phi) is 3.15. The van der Waals surface area contributed by atoms with Gasteiger partial charge in [-0.25, -0.2) is 0 Å². The summed E-state index contributed by atoms with van der Waals surface area (Å²) in [5, 5.41) is 0. The van der Waals surface area contributed by atoms with Crippen LogP contribution in [0, 0.1) is 13.3 Å². The fourth-order valence-corrected chi connectivity index (χ4v) is 1.12. The summed E-state index contributed by atoms with van der Waals surface area (Å²) in [6.07, 6.45) is 4.72. The Morgan fingerprint density at radius 2 is 2.00 bits per heavy atom. The van der Waals surface area contributed by atoms with Crippen LogP contribution in [0.3, 0.4) is 0 Å². The molecule has 0 unspecified atom stereocenters. The molecule has 11 heavy (non-hydrogen) atoms. The highest BCUT2D eigenvalue weighted by molar-refractivity contribution is 5.31. The van der Waals surface area contributed by atoms with Gasteiger partial charge in [0.25, 0.3) is 0 Å². The molecule has 0 N–H and O–H groups in total. The number of unbranched alkanes of at least 4 members (excludes halogenated alkanes) is 1. The third-order valence-corrected chi connectivity index (χ3v) is 1.84. The molecule has 0 atom stereocenters. The van der Waals surface area contributed by atoms with Gasteiger partial charge in [0, 0.05) is 0 Å². The summed E-state index contributed by atoms with van der Waals surface area (Å²) in [6.45, 7) is 4.36. The van der Waals surface area contributed by atoms with Crippen LogP contribution in [0.5, 0.6) is 0 Å². The van der Waals surface area contributed by atoms with Gasteiger partial charge in [-0.15, -0.1) is 0 Å². The number of aryl methyl sites for hydroxylation is 1. The summed E-state index contributed by atoms with van der Waals surface area (Å²) in [4.78, 5) is 0. The Morgan fingerprint density at radius 3 is 2.64 bits per heavy atom. The summed E-state index contributed by atoms with van der Waals surface area (Å²) in [5.41, 5.74) is 2.76. The van der Waals surface area contributed by atoms with E-state index in [4.69, 9.17) is 0 Å². The molecule has 0 fully saturated rings. The van der Waals surface area contributed by atoms with Crippen molar-refractivity contribution < 1.29 is 0 Å². The second kappa shape index (κ2) is 4.17. The van der Waals surface area contributed by atoms with Crippen LogP contribution in [0.2, 0.25) is 0 Å². The van der Waals surface area contributed by atoms with Crippen LogP contribution < -0.4 is 0 Å². The highest BCUT2D eigenvalue weighted by atomic mass is 14.0. The van der Waals surface area contributed by atoms with E-state index in [1.165, 1.54) is 24.0 Å². The van der Waals surface area contributed by atoms with Crippen molar-refractivity contribution >= 4 is 0 Å². The van der Waals surface area contributed by atoms with Gasteiger partial charge in [0.05, 0.1) is 0 Å². The molecule has 1 aromatic carbocycles. The molecule has 1 radical (unpaired) electrons. The maximum atomic E-state index is 2.30. The van der Waals surface area contributed by atoms with E-state index in [1.807, 2.05) is 0 Å². The van der Waals surface area contributed by atoms with Gasteiger partial charge in [0.2, 0.25) is 0 Å². The van der Waals surface area contributed by atoms with E-state index in [9.17, 15) is 0 Å². The zero-order valence-electron chi connectivity index (χ0n) is 7.30. The molecule has 1 aromatic rings. The molecule has 0 amide bonds. The minimum absolute atomic E-state index is 1.19. The van der Waals surface area contributed by atoms with Gasteiger partial charge in [0.15, 0.2) is 0 Å². The van der Waals surface area contributed by atoms with Crippen molar-refractivity contribution in [3.8, 4) is 0 Å². The van der Waals surface area contributed by atoms with Gasteiger partial charge in [-0.3, -0.25) is 0 Å². The van der Waals surface area contributed by atoms with Crippen molar-refractivity contribution in [3.63, 3.8) is 0 Å². The molecular formula is C11H15. The van der Waals surface area contributed by atoms with Gasteiger partial charge in [-0.2, -0.15) is 0 Å². The summed E-state index contributed by atoms with van der Waals surface area (Å²) in [6, 6.07) is 8.50. The molecule has 0 aliphatic carbocycles. The molecule has 59 valence electrons. The van der Waals surface area contributed by atoms with E-state index in [-0.39, 0.29) is 0 Å². The second-order valence-electron chi connectivity index (χ2n) is 2.85. The van der Waals surface area contributed by atoms with Crippen LogP contribution in [-0.2, 0) is 0 Å². The van der Waals surface area contributed by atoms with Crippen LogP contribution >= 0.6 is 0 Å². The molecular weight excluding hydrogens is 132 g/mol. The molecule has 1 rings (SSSR count). The SMILES string of the molecule is CCC[CH]c1ccccc1C. The molecule has 0 saturated carbocycles. The summed E-state index contributed by atoms with van der Waals surface area (Å²) >= 11 is 0. The average Bonchev–Trinajstić information content (AvgIpc) is 2.03. The van der Waals surface area contributed by atoms with Gasteiger partial charge in [0.1, 0.15) is 0 Å². The van der Waals surface area contributed by atoms with Crippen molar-refractivity contribution in [2.45, 2.75) is 26.7 Å². The van der Waals surface area contributed by atoms with Crippen molar-refractivity contribution in [2.24, 2.45) is 0 Å². The fraction of sp³-hybridized carbons (Fsp3) is 0.364. The molecule has 0 aliphatic heterocycles. The Bertz CT molecular complexity index is 213. The van der Waals surface area contributed by atoms with Gasteiger partial charge in [-0.1, -0.05) is 37.6 Å². The summed E-state index contributed by atoms with van der Waals surface area (Å²) < 4.78 is 0. The minimum atomic E-state index is 1.19. The second-order valence-corrected chi connectivity index (χ2v) is 2.85. The number of hydrogen-bond donors (Lipinski definition) is 0. The Hall–Kier alpha value is -0.780. The molecule has 0 spiro atoms. The number of rotatable bonds is 3. The predicted octanol–water partition coefficient (Wildman–Crippen LogP) is 3.35. The zero-order chi connectivity index (χ0) is 8.10. The lowest BCUT2D eigenvalue weighted by molar-refractivity contribution is 0.911. The van der Waals surface area contributed by atoms with Crippen molar-refractivity contribution in [1.82, 2.24) is 0 Å². The van der Waals surface area contributed by atoms with E-state index in [1.54, 1.807) is 0 Å². The largest absolute Gasteiger partial charge is 0.0654 e. The highest BCUT2D eigenvalue weighted by Gasteiger charge is 1.94. The minimum Gasteiger partial charge on any atom is -0.0654 e. The van der Waals surface area contributed by atoms with E-state index in [2.05, 4.69) is 44.5 Å². The van der Waals surface area contributed by atoms with Crippen LogP contribution in [0.4, 0.5) is 0 Å². The Morgan fingerprint density at radius 1 is 1.27 bits per heavy atom. The molecule has 0 nitrogen and oxygen atoms in total.